The van der Waals surface area contributed by atoms with Gasteiger partial charge in [0.1, 0.15) is 11.6 Å². The number of ether oxygens (including phenoxy) is 1. The van der Waals surface area contributed by atoms with E-state index < -0.39 is 5.97 Å². The van der Waals surface area contributed by atoms with Crippen LogP contribution in [0.3, 0.4) is 0 Å². The Hall–Kier alpha value is -3.08. The molecule has 1 N–H and O–H groups in total. The molecule has 0 unspecified atom stereocenters. The van der Waals surface area contributed by atoms with Crippen molar-refractivity contribution in [2.45, 2.75) is 19.4 Å². The molecule has 1 heterocycles. The summed E-state index contributed by atoms with van der Waals surface area (Å²) >= 11 is 0. The normalized spacial score (nSPS) is 10.6. The first-order chi connectivity index (χ1) is 12.2. The predicted molar refractivity (Wildman–Crippen MR) is 95.1 cm³/mol. The summed E-state index contributed by atoms with van der Waals surface area (Å²) < 4.78 is 7.27. The van der Waals surface area contributed by atoms with Crippen LogP contribution < -0.4 is 4.74 Å². The van der Waals surface area contributed by atoms with Gasteiger partial charge >= 0.3 is 5.97 Å². The minimum Gasteiger partial charge on any atom is -0.497 e. The van der Waals surface area contributed by atoms with Crippen LogP contribution in [0.1, 0.15) is 27.3 Å². The maximum absolute atomic E-state index is 10.9. The number of aromatic nitrogens is 2. The van der Waals surface area contributed by atoms with Gasteiger partial charge < -0.3 is 14.4 Å². The number of aromatic carboxylic acids is 1. The lowest BCUT2D eigenvalue weighted by Gasteiger charge is -2.09. The van der Waals surface area contributed by atoms with Crippen LogP contribution in [-0.4, -0.2) is 27.7 Å². The van der Waals surface area contributed by atoms with Gasteiger partial charge in [0.25, 0.3) is 0 Å². The summed E-state index contributed by atoms with van der Waals surface area (Å²) in [6, 6.07) is 15.0. The van der Waals surface area contributed by atoms with Crippen LogP contribution in [0.4, 0.5) is 0 Å². The number of rotatable bonds is 7. The zero-order valence-corrected chi connectivity index (χ0v) is 14.1. The Morgan fingerprint density at radius 3 is 2.36 bits per heavy atom. The summed E-state index contributed by atoms with van der Waals surface area (Å²) in [5.41, 5.74) is 2.59. The van der Waals surface area contributed by atoms with Crippen LogP contribution in [0, 0.1) is 0 Å². The Labute approximate surface area is 146 Å². The van der Waals surface area contributed by atoms with E-state index in [1.165, 1.54) is 5.56 Å². The molecule has 1 aromatic heterocycles. The second-order valence-corrected chi connectivity index (χ2v) is 5.82. The van der Waals surface area contributed by atoms with Gasteiger partial charge in [-0.3, -0.25) is 0 Å². The van der Waals surface area contributed by atoms with Crippen molar-refractivity contribution in [3.05, 3.63) is 83.4 Å². The van der Waals surface area contributed by atoms with Gasteiger partial charge in [-0.05, 0) is 41.8 Å². The van der Waals surface area contributed by atoms with Crippen molar-refractivity contribution in [1.29, 1.82) is 0 Å². The van der Waals surface area contributed by atoms with Crippen LogP contribution >= 0.6 is 0 Å². The van der Waals surface area contributed by atoms with Crippen molar-refractivity contribution in [1.82, 2.24) is 9.55 Å². The monoisotopic (exact) mass is 336 g/mol. The molecule has 0 aliphatic heterocycles. The van der Waals surface area contributed by atoms with E-state index in [1.54, 1.807) is 25.4 Å². The molecule has 3 rings (SSSR count). The third-order valence-corrected chi connectivity index (χ3v) is 4.15. The van der Waals surface area contributed by atoms with Gasteiger partial charge in [-0.15, -0.1) is 0 Å². The van der Waals surface area contributed by atoms with E-state index in [2.05, 4.69) is 21.7 Å². The SMILES string of the molecule is COc1ccc(CCc2nccn2Cc2ccc(C(=O)O)cc2)cc1. The quantitative estimate of drug-likeness (QED) is 0.718. The van der Waals surface area contributed by atoms with E-state index in [4.69, 9.17) is 9.84 Å². The summed E-state index contributed by atoms with van der Waals surface area (Å²) in [5.74, 6) is 0.961. The van der Waals surface area contributed by atoms with Crippen LogP contribution in [0.5, 0.6) is 5.75 Å². The Morgan fingerprint density at radius 2 is 1.72 bits per heavy atom. The number of nitrogens with zero attached hydrogens (tertiary/aromatic N) is 2. The third kappa shape index (κ3) is 4.26. The van der Waals surface area contributed by atoms with E-state index in [9.17, 15) is 4.79 Å². The molecule has 0 atom stereocenters. The molecular formula is C20H20N2O3. The molecule has 0 bridgehead atoms. The van der Waals surface area contributed by atoms with E-state index in [1.807, 2.05) is 30.5 Å². The van der Waals surface area contributed by atoms with Crippen molar-refractivity contribution < 1.29 is 14.6 Å². The molecule has 0 spiro atoms. The zero-order chi connectivity index (χ0) is 17.6. The molecular weight excluding hydrogens is 316 g/mol. The second kappa shape index (κ2) is 7.66. The van der Waals surface area contributed by atoms with E-state index in [-0.39, 0.29) is 0 Å². The fourth-order valence-corrected chi connectivity index (χ4v) is 2.71. The Balaban J connectivity index is 1.64. The van der Waals surface area contributed by atoms with Gasteiger partial charge in [-0.2, -0.15) is 0 Å². The summed E-state index contributed by atoms with van der Waals surface area (Å²) in [5, 5.41) is 8.96. The molecule has 3 aromatic rings. The van der Waals surface area contributed by atoms with Gasteiger partial charge in [0, 0.05) is 25.4 Å². The Kier molecular flexibility index (Phi) is 5.14. The predicted octanol–water partition coefficient (Wildman–Crippen LogP) is 3.42. The largest absolute Gasteiger partial charge is 0.497 e. The number of hydrogen-bond acceptors (Lipinski definition) is 3. The summed E-state index contributed by atoms with van der Waals surface area (Å²) in [7, 11) is 1.66. The van der Waals surface area contributed by atoms with Crippen molar-refractivity contribution in [3.63, 3.8) is 0 Å². The lowest BCUT2D eigenvalue weighted by atomic mass is 10.1. The number of carboxylic acids is 1. The van der Waals surface area contributed by atoms with Gasteiger partial charge in [0.2, 0.25) is 0 Å². The highest BCUT2D eigenvalue weighted by Crippen LogP contribution is 2.14. The number of hydrogen-bond donors (Lipinski definition) is 1. The molecule has 0 aliphatic rings. The fourth-order valence-electron chi connectivity index (χ4n) is 2.71. The summed E-state index contributed by atoms with van der Waals surface area (Å²) in [4.78, 5) is 15.4. The van der Waals surface area contributed by atoms with E-state index in [0.29, 0.717) is 12.1 Å². The van der Waals surface area contributed by atoms with Crippen molar-refractivity contribution in [2.24, 2.45) is 0 Å². The molecule has 5 nitrogen and oxygen atoms in total. The van der Waals surface area contributed by atoms with Gasteiger partial charge in [0.15, 0.2) is 0 Å². The van der Waals surface area contributed by atoms with Gasteiger partial charge in [-0.1, -0.05) is 24.3 Å². The van der Waals surface area contributed by atoms with Crippen LogP contribution in [0.25, 0.3) is 0 Å². The van der Waals surface area contributed by atoms with Crippen molar-refractivity contribution in [3.8, 4) is 5.75 Å². The molecule has 0 saturated carbocycles. The molecule has 25 heavy (non-hydrogen) atoms. The second-order valence-electron chi connectivity index (χ2n) is 5.82. The standard InChI is InChI=1S/C20H20N2O3/c1-25-18-9-4-15(5-10-18)6-11-19-21-12-13-22(19)14-16-2-7-17(8-3-16)20(23)24/h2-5,7-10,12-13H,6,11,14H2,1H3,(H,23,24). The molecule has 2 aromatic carbocycles. The van der Waals surface area contributed by atoms with Crippen LogP contribution in [0.2, 0.25) is 0 Å². The zero-order valence-electron chi connectivity index (χ0n) is 14.1. The maximum atomic E-state index is 10.9. The number of imidazole rings is 1. The molecule has 5 heteroatoms. The minimum absolute atomic E-state index is 0.300. The molecule has 0 saturated heterocycles. The number of benzene rings is 2. The number of carboxylic acid groups (broad SMARTS) is 1. The first-order valence-electron chi connectivity index (χ1n) is 8.11. The highest BCUT2D eigenvalue weighted by atomic mass is 16.5. The molecule has 128 valence electrons. The highest BCUT2D eigenvalue weighted by molar-refractivity contribution is 5.87. The van der Waals surface area contributed by atoms with Crippen LogP contribution in [0.15, 0.2) is 60.9 Å². The number of methoxy groups -OCH3 is 1. The first-order valence-corrected chi connectivity index (χ1v) is 8.11. The summed E-state index contributed by atoms with van der Waals surface area (Å²) in [6.45, 7) is 0.678. The van der Waals surface area contributed by atoms with E-state index in [0.717, 1.165) is 30.0 Å². The molecule has 0 amide bonds. The topological polar surface area (TPSA) is 64.4 Å². The minimum atomic E-state index is -0.908. The molecule has 0 fully saturated rings. The molecule has 0 radical (unpaired) electrons. The fraction of sp³-hybridized carbons (Fsp3) is 0.200. The Bertz CT molecular complexity index is 836. The lowest BCUT2D eigenvalue weighted by Crippen LogP contribution is -2.06. The Morgan fingerprint density at radius 1 is 1.04 bits per heavy atom. The maximum Gasteiger partial charge on any atom is 0.335 e. The number of aryl methyl sites for hydroxylation is 2. The van der Waals surface area contributed by atoms with Crippen molar-refractivity contribution in [2.75, 3.05) is 7.11 Å². The molecule has 0 aliphatic carbocycles. The average molecular weight is 336 g/mol. The third-order valence-electron chi connectivity index (χ3n) is 4.15. The van der Waals surface area contributed by atoms with Gasteiger partial charge in [0.05, 0.1) is 12.7 Å². The van der Waals surface area contributed by atoms with Crippen LogP contribution in [-0.2, 0) is 19.4 Å². The summed E-state index contributed by atoms with van der Waals surface area (Å²) in [6.07, 6.45) is 5.49. The highest BCUT2D eigenvalue weighted by Gasteiger charge is 2.06. The van der Waals surface area contributed by atoms with Crippen molar-refractivity contribution >= 4 is 5.97 Å². The average Bonchev–Trinajstić information content (AvgIpc) is 3.08. The first kappa shape index (κ1) is 16.8. The van der Waals surface area contributed by atoms with Gasteiger partial charge in [-0.25, -0.2) is 9.78 Å². The van der Waals surface area contributed by atoms with E-state index >= 15 is 0 Å². The number of carbonyl (C=O) groups is 1. The lowest BCUT2D eigenvalue weighted by molar-refractivity contribution is 0.0697. The smallest absolute Gasteiger partial charge is 0.335 e.